The molecule has 1 unspecified atom stereocenters. The molecule has 1 atom stereocenters. The molecule has 1 aromatic carbocycles. The van der Waals surface area contributed by atoms with Gasteiger partial charge in [-0.1, -0.05) is 37.6 Å². The molecule has 0 aliphatic rings. The molecule has 0 radical (unpaired) electrons. The summed E-state index contributed by atoms with van der Waals surface area (Å²) in [7, 11) is -5.00. The van der Waals surface area contributed by atoms with E-state index in [0.717, 1.165) is 0 Å². The van der Waals surface area contributed by atoms with E-state index in [1.54, 1.807) is 13.8 Å². The molecule has 0 fully saturated rings. The molecule has 2 rings (SSSR count). The van der Waals surface area contributed by atoms with E-state index in [2.05, 4.69) is 10.1 Å². The molecule has 0 saturated heterocycles. The zero-order valence-electron chi connectivity index (χ0n) is 12.8. The van der Waals surface area contributed by atoms with Gasteiger partial charge in [-0.2, -0.15) is 5.10 Å². The second-order valence-corrected chi connectivity index (χ2v) is 7.47. The Morgan fingerprint density at radius 1 is 1.22 bits per heavy atom. The van der Waals surface area contributed by atoms with Crippen molar-refractivity contribution in [1.82, 2.24) is 14.8 Å². The van der Waals surface area contributed by atoms with E-state index >= 15 is 0 Å². The van der Waals surface area contributed by atoms with Gasteiger partial charge in [0.25, 0.3) is 0 Å². The molecule has 1 heterocycles. The Labute approximate surface area is 139 Å². The molecule has 0 spiro atoms. The predicted octanol–water partition coefficient (Wildman–Crippen LogP) is 2.47. The van der Waals surface area contributed by atoms with Crippen molar-refractivity contribution in [2.45, 2.75) is 37.6 Å². The molecule has 3 N–H and O–H groups in total. The SMILES string of the molecule is CCC(CC)(n1cncn1)C(O)(c1ccc(Cl)cc1)P(=O)(O)O. The third-order valence-electron chi connectivity index (χ3n) is 4.34. The summed E-state index contributed by atoms with van der Waals surface area (Å²) in [4.78, 5) is 23.9. The first-order valence-electron chi connectivity index (χ1n) is 7.12. The number of halogens is 1. The third kappa shape index (κ3) is 2.73. The minimum Gasteiger partial charge on any atom is -0.371 e. The van der Waals surface area contributed by atoms with Gasteiger partial charge in [0, 0.05) is 5.02 Å². The second-order valence-electron chi connectivity index (χ2n) is 5.30. The van der Waals surface area contributed by atoms with Crippen LogP contribution in [0.2, 0.25) is 5.02 Å². The summed E-state index contributed by atoms with van der Waals surface area (Å²) in [5.74, 6) is 0. The summed E-state index contributed by atoms with van der Waals surface area (Å²) in [5.41, 5.74) is -1.29. The van der Waals surface area contributed by atoms with Gasteiger partial charge in [-0.25, -0.2) is 9.67 Å². The highest BCUT2D eigenvalue weighted by molar-refractivity contribution is 7.53. The van der Waals surface area contributed by atoms with Crippen LogP contribution >= 0.6 is 19.2 Å². The molecule has 0 aliphatic heterocycles. The summed E-state index contributed by atoms with van der Waals surface area (Å²) in [6.45, 7) is 3.48. The smallest absolute Gasteiger partial charge is 0.363 e. The van der Waals surface area contributed by atoms with Crippen molar-refractivity contribution in [3.05, 3.63) is 47.5 Å². The van der Waals surface area contributed by atoms with Crippen LogP contribution in [0.15, 0.2) is 36.9 Å². The molecule has 9 heteroatoms. The number of aromatic nitrogens is 3. The fourth-order valence-electron chi connectivity index (χ4n) is 3.05. The monoisotopic (exact) mass is 359 g/mol. The largest absolute Gasteiger partial charge is 0.371 e. The predicted molar refractivity (Wildman–Crippen MR) is 86.0 cm³/mol. The van der Waals surface area contributed by atoms with Gasteiger partial charge >= 0.3 is 7.60 Å². The molecule has 23 heavy (non-hydrogen) atoms. The highest BCUT2D eigenvalue weighted by Crippen LogP contribution is 2.64. The average molecular weight is 360 g/mol. The highest BCUT2D eigenvalue weighted by atomic mass is 35.5. The summed E-state index contributed by atoms with van der Waals surface area (Å²) in [6, 6.07) is 5.79. The number of aliphatic hydroxyl groups is 1. The standard InChI is InChI=1S/C14H19ClN3O4P/c1-3-13(4-2,18-10-16-9-17-18)14(19,23(20,21)22)11-5-7-12(15)8-6-11/h5-10,19H,3-4H2,1-2H3,(H2,20,21,22). The third-order valence-corrected chi connectivity index (χ3v) is 6.11. The highest BCUT2D eigenvalue weighted by Gasteiger charge is 2.62. The lowest BCUT2D eigenvalue weighted by Gasteiger charge is -2.46. The van der Waals surface area contributed by atoms with Crippen LogP contribution in [-0.4, -0.2) is 29.7 Å². The van der Waals surface area contributed by atoms with E-state index in [0.29, 0.717) is 5.02 Å². The van der Waals surface area contributed by atoms with E-state index in [1.807, 2.05) is 0 Å². The first kappa shape index (κ1) is 18.1. The maximum atomic E-state index is 12.3. The number of nitrogens with zero attached hydrogens (tertiary/aromatic N) is 3. The number of hydrogen-bond acceptors (Lipinski definition) is 4. The van der Waals surface area contributed by atoms with Crippen LogP contribution in [-0.2, 0) is 15.4 Å². The number of hydrogen-bond donors (Lipinski definition) is 3. The topological polar surface area (TPSA) is 108 Å². The van der Waals surface area contributed by atoms with Gasteiger partial charge in [0.2, 0.25) is 5.34 Å². The Balaban J connectivity index is 2.80. The van der Waals surface area contributed by atoms with Crippen LogP contribution in [0.1, 0.15) is 32.3 Å². The van der Waals surface area contributed by atoms with E-state index in [1.165, 1.54) is 41.6 Å². The lowest BCUT2D eigenvalue weighted by molar-refractivity contribution is -0.0440. The summed E-state index contributed by atoms with van der Waals surface area (Å²) >= 11 is 5.85. The first-order valence-corrected chi connectivity index (χ1v) is 9.11. The van der Waals surface area contributed by atoms with Gasteiger partial charge in [0.15, 0.2) is 0 Å². The molecule has 0 aliphatic carbocycles. The van der Waals surface area contributed by atoms with Gasteiger partial charge in [0.05, 0.1) is 0 Å². The molecule has 126 valence electrons. The van der Waals surface area contributed by atoms with E-state index in [4.69, 9.17) is 11.6 Å². The quantitative estimate of drug-likeness (QED) is 0.684. The molecular weight excluding hydrogens is 341 g/mol. The Morgan fingerprint density at radius 3 is 2.17 bits per heavy atom. The second kappa shape index (κ2) is 6.34. The van der Waals surface area contributed by atoms with Crippen LogP contribution in [0.5, 0.6) is 0 Å². The molecule has 0 saturated carbocycles. The van der Waals surface area contributed by atoms with E-state index < -0.39 is 18.5 Å². The van der Waals surface area contributed by atoms with Crippen LogP contribution < -0.4 is 0 Å². The Morgan fingerprint density at radius 2 is 1.78 bits per heavy atom. The van der Waals surface area contributed by atoms with Crippen LogP contribution in [0.3, 0.4) is 0 Å². The molecule has 0 amide bonds. The zero-order valence-corrected chi connectivity index (χ0v) is 14.4. The molecule has 1 aromatic heterocycles. The molecule has 0 bridgehead atoms. The zero-order chi connectivity index (χ0) is 17.3. The summed E-state index contributed by atoms with van der Waals surface area (Å²) in [5, 5.41) is 13.3. The van der Waals surface area contributed by atoms with Crippen molar-refractivity contribution in [2.24, 2.45) is 0 Å². The lowest BCUT2D eigenvalue weighted by atomic mass is 9.82. The molecule has 7 nitrogen and oxygen atoms in total. The minimum atomic E-state index is -5.00. The normalized spacial score (nSPS) is 15.4. The van der Waals surface area contributed by atoms with Crippen molar-refractivity contribution in [3.8, 4) is 0 Å². The van der Waals surface area contributed by atoms with Crippen molar-refractivity contribution in [2.75, 3.05) is 0 Å². The summed E-state index contributed by atoms with van der Waals surface area (Å²) < 4.78 is 13.7. The minimum absolute atomic E-state index is 0.0782. The van der Waals surface area contributed by atoms with Crippen LogP contribution in [0.25, 0.3) is 0 Å². The lowest BCUT2D eigenvalue weighted by Crippen LogP contribution is -2.53. The summed E-state index contributed by atoms with van der Waals surface area (Å²) in [6.07, 6.45) is 3.08. The van der Waals surface area contributed by atoms with Crippen molar-refractivity contribution >= 4 is 19.2 Å². The number of rotatable bonds is 6. The van der Waals surface area contributed by atoms with Crippen molar-refractivity contribution < 1.29 is 19.5 Å². The fraction of sp³-hybridized carbons (Fsp3) is 0.429. The molecule has 2 aromatic rings. The van der Waals surface area contributed by atoms with Gasteiger partial charge in [0.1, 0.15) is 18.2 Å². The van der Waals surface area contributed by atoms with Gasteiger partial charge in [-0.15, -0.1) is 0 Å². The Kier molecular flexibility index (Phi) is 4.99. The Hall–Kier alpha value is -1.24. The molecular formula is C14H19ClN3O4P. The van der Waals surface area contributed by atoms with Crippen molar-refractivity contribution in [1.29, 1.82) is 0 Å². The van der Waals surface area contributed by atoms with Gasteiger partial charge < -0.3 is 14.9 Å². The van der Waals surface area contributed by atoms with Crippen molar-refractivity contribution in [3.63, 3.8) is 0 Å². The first-order chi connectivity index (χ1) is 10.7. The maximum absolute atomic E-state index is 12.3. The number of benzene rings is 1. The van der Waals surface area contributed by atoms with E-state index in [-0.39, 0.29) is 18.4 Å². The van der Waals surface area contributed by atoms with Crippen LogP contribution in [0, 0.1) is 0 Å². The van der Waals surface area contributed by atoms with Gasteiger partial charge in [-0.05, 0) is 30.5 Å². The van der Waals surface area contributed by atoms with Gasteiger partial charge in [-0.3, -0.25) is 4.57 Å². The average Bonchev–Trinajstić information content (AvgIpc) is 3.03. The Bertz CT molecular complexity index is 697. The van der Waals surface area contributed by atoms with Crippen LogP contribution in [0.4, 0.5) is 0 Å². The fourth-order valence-corrected chi connectivity index (χ4v) is 4.62. The van der Waals surface area contributed by atoms with E-state index in [9.17, 15) is 19.5 Å². The maximum Gasteiger partial charge on any atom is 0.363 e.